The molecule has 2 heterocycles. The van der Waals surface area contributed by atoms with Crippen LogP contribution in [0.4, 0.5) is 5.13 Å². The lowest BCUT2D eigenvalue weighted by Crippen LogP contribution is -2.12. The van der Waals surface area contributed by atoms with E-state index < -0.39 is 0 Å². The molecule has 1 N–H and O–H groups in total. The fourth-order valence-electron chi connectivity index (χ4n) is 2.88. The van der Waals surface area contributed by atoms with Gasteiger partial charge in [0, 0.05) is 18.4 Å². The van der Waals surface area contributed by atoms with Crippen molar-refractivity contribution in [1.82, 2.24) is 15.2 Å². The Balaban J connectivity index is 1.39. The average molecular weight is 378 g/mol. The van der Waals surface area contributed by atoms with Crippen LogP contribution in [0.25, 0.3) is 21.7 Å². The maximum Gasteiger partial charge on any atom is 0.247 e. The summed E-state index contributed by atoms with van der Waals surface area (Å²) >= 11 is 1.48. The fraction of sp³-hybridized carbons (Fsp3) is 0.200. The van der Waals surface area contributed by atoms with Crippen molar-refractivity contribution < 1.29 is 9.21 Å². The van der Waals surface area contributed by atoms with Crippen molar-refractivity contribution in [3.8, 4) is 11.5 Å². The fourth-order valence-corrected chi connectivity index (χ4v) is 3.94. The van der Waals surface area contributed by atoms with Crippen LogP contribution < -0.4 is 5.32 Å². The molecule has 2 aromatic heterocycles. The minimum absolute atomic E-state index is 0.122. The molecule has 0 aliphatic carbocycles. The summed E-state index contributed by atoms with van der Waals surface area (Å²) in [6, 6.07) is 13.7. The summed E-state index contributed by atoms with van der Waals surface area (Å²) in [5, 5.41) is 11.5. The second-order valence-corrected chi connectivity index (χ2v) is 7.39. The molecule has 7 heteroatoms. The number of nitrogens with zero attached hydrogens (tertiary/aromatic N) is 3. The van der Waals surface area contributed by atoms with Crippen LogP contribution in [0.1, 0.15) is 23.4 Å². The molecule has 0 saturated heterocycles. The Labute approximate surface area is 160 Å². The molecule has 27 heavy (non-hydrogen) atoms. The summed E-state index contributed by atoms with van der Waals surface area (Å²) in [4.78, 5) is 16.8. The number of anilines is 1. The van der Waals surface area contributed by atoms with Crippen LogP contribution in [-0.4, -0.2) is 21.1 Å². The molecule has 2 aromatic carbocycles. The Kier molecular flexibility index (Phi) is 4.68. The summed E-state index contributed by atoms with van der Waals surface area (Å²) in [5.41, 5.74) is 4.10. The summed E-state index contributed by atoms with van der Waals surface area (Å²) in [6.45, 7) is 4.08. The molecule has 1 amide bonds. The van der Waals surface area contributed by atoms with Crippen LogP contribution in [0, 0.1) is 13.8 Å². The summed E-state index contributed by atoms with van der Waals surface area (Å²) in [6.07, 6.45) is 0.638. The van der Waals surface area contributed by atoms with Gasteiger partial charge in [0.1, 0.15) is 0 Å². The van der Waals surface area contributed by atoms with Crippen molar-refractivity contribution in [2.45, 2.75) is 26.7 Å². The predicted molar refractivity (Wildman–Crippen MR) is 106 cm³/mol. The first-order valence-corrected chi connectivity index (χ1v) is 9.45. The number of aryl methyl sites for hydroxylation is 3. The Morgan fingerprint density at radius 3 is 2.78 bits per heavy atom. The van der Waals surface area contributed by atoms with Crippen LogP contribution in [0.3, 0.4) is 0 Å². The van der Waals surface area contributed by atoms with Gasteiger partial charge < -0.3 is 9.73 Å². The number of thiazole rings is 1. The molecule has 4 rings (SSSR count). The average Bonchev–Trinajstić information content (AvgIpc) is 3.27. The van der Waals surface area contributed by atoms with Crippen molar-refractivity contribution in [2.75, 3.05) is 5.32 Å². The zero-order valence-electron chi connectivity index (χ0n) is 15.0. The SMILES string of the molecule is Cc1cc(C)c2nc(NC(=O)CCc3nnc(-c4ccccc4)o3)sc2c1. The molecule has 6 nitrogen and oxygen atoms in total. The molecule has 4 aromatic rings. The van der Waals surface area contributed by atoms with Gasteiger partial charge in [0.25, 0.3) is 0 Å². The topological polar surface area (TPSA) is 80.9 Å². The minimum Gasteiger partial charge on any atom is -0.421 e. The number of carbonyl (C=O) groups is 1. The number of fused-ring (bicyclic) bond motifs is 1. The summed E-state index contributed by atoms with van der Waals surface area (Å²) in [5.74, 6) is 0.783. The molecule has 0 unspecified atom stereocenters. The van der Waals surface area contributed by atoms with E-state index in [4.69, 9.17) is 4.42 Å². The minimum atomic E-state index is -0.122. The lowest BCUT2D eigenvalue weighted by Gasteiger charge is -1.99. The molecule has 0 fully saturated rings. The maximum absolute atomic E-state index is 12.3. The zero-order valence-corrected chi connectivity index (χ0v) is 15.8. The van der Waals surface area contributed by atoms with E-state index in [-0.39, 0.29) is 12.3 Å². The monoisotopic (exact) mass is 378 g/mol. The lowest BCUT2D eigenvalue weighted by molar-refractivity contribution is -0.116. The first-order valence-electron chi connectivity index (χ1n) is 8.64. The number of aromatic nitrogens is 3. The highest BCUT2D eigenvalue weighted by Gasteiger charge is 2.13. The van der Waals surface area contributed by atoms with E-state index in [9.17, 15) is 4.79 Å². The van der Waals surface area contributed by atoms with E-state index in [0.717, 1.165) is 21.3 Å². The van der Waals surface area contributed by atoms with Crippen molar-refractivity contribution >= 4 is 32.6 Å². The Morgan fingerprint density at radius 1 is 1.15 bits per heavy atom. The molecule has 0 aliphatic rings. The van der Waals surface area contributed by atoms with Crippen LogP contribution >= 0.6 is 11.3 Å². The van der Waals surface area contributed by atoms with Crippen LogP contribution in [0.5, 0.6) is 0 Å². The van der Waals surface area contributed by atoms with Crippen molar-refractivity contribution in [2.24, 2.45) is 0 Å². The number of benzene rings is 2. The van der Waals surface area contributed by atoms with E-state index in [1.807, 2.05) is 37.3 Å². The van der Waals surface area contributed by atoms with Crippen molar-refractivity contribution in [1.29, 1.82) is 0 Å². The molecule has 0 aliphatic heterocycles. The number of hydrogen-bond acceptors (Lipinski definition) is 6. The highest BCUT2D eigenvalue weighted by Crippen LogP contribution is 2.29. The van der Waals surface area contributed by atoms with Crippen molar-refractivity contribution in [3.63, 3.8) is 0 Å². The highest BCUT2D eigenvalue weighted by molar-refractivity contribution is 7.22. The molecular formula is C20H18N4O2S. The second-order valence-electron chi connectivity index (χ2n) is 6.36. The molecule has 0 radical (unpaired) electrons. The normalized spacial score (nSPS) is 11.0. The van der Waals surface area contributed by atoms with Gasteiger partial charge in [-0.25, -0.2) is 4.98 Å². The maximum atomic E-state index is 12.3. The van der Waals surface area contributed by atoms with E-state index in [1.54, 1.807) is 0 Å². The van der Waals surface area contributed by atoms with Crippen LogP contribution in [-0.2, 0) is 11.2 Å². The number of amides is 1. The number of carbonyl (C=O) groups excluding carboxylic acids is 1. The van der Waals surface area contributed by atoms with Gasteiger partial charge >= 0.3 is 0 Å². The standard InChI is InChI=1S/C20H18N4O2S/c1-12-10-13(2)18-15(11-12)27-20(22-18)21-16(25)8-9-17-23-24-19(26-17)14-6-4-3-5-7-14/h3-7,10-11H,8-9H2,1-2H3,(H,21,22,25). The third-order valence-corrected chi connectivity index (χ3v) is 5.05. The van der Waals surface area contributed by atoms with E-state index >= 15 is 0 Å². The zero-order chi connectivity index (χ0) is 18.8. The van der Waals surface area contributed by atoms with Gasteiger partial charge in [-0.1, -0.05) is 35.6 Å². The van der Waals surface area contributed by atoms with Crippen LogP contribution in [0.2, 0.25) is 0 Å². The molecule has 0 spiro atoms. The Morgan fingerprint density at radius 2 is 1.96 bits per heavy atom. The third-order valence-electron chi connectivity index (χ3n) is 4.13. The smallest absolute Gasteiger partial charge is 0.247 e. The molecule has 0 atom stereocenters. The van der Waals surface area contributed by atoms with Gasteiger partial charge in [0.05, 0.1) is 10.2 Å². The van der Waals surface area contributed by atoms with Gasteiger partial charge in [0.15, 0.2) is 5.13 Å². The van der Waals surface area contributed by atoms with E-state index in [0.29, 0.717) is 23.3 Å². The largest absolute Gasteiger partial charge is 0.421 e. The van der Waals surface area contributed by atoms with Crippen LogP contribution in [0.15, 0.2) is 46.9 Å². The van der Waals surface area contributed by atoms with Gasteiger partial charge in [-0.05, 0) is 43.2 Å². The third kappa shape index (κ3) is 3.88. The predicted octanol–water partition coefficient (Wildman–Crippen LogP) is 4.53. The second kappa shape index (κ2) is 7.28. The summed E-state index contributed by atoms with van der Waals surface area (Å²) in [7, 11) is 0. The summed E-state index contributed by atoms with van der Waals surface area (Å²) < 4.78 is 6.71. The molecule has 0 bridgehead atoms. The molecule has 0 saturated carbocycles. The van der Waals surface area contributed by atoms with Gasteiger partial charge in [-0.2, -0.15) is 0 Å². The number of hydrogen-bond donors (Lipinski definition) is 1. The van der Waals surface area contributed by atoms with Gasteiger partial charge in [-0.3, -0.25) is 4.79 Å². The first kappa shape index (κ1) is 17.4. The quantitative estimate of drug-likeness (QED) is 0.552. The Hall–Kier alpha value is -3.06. The van der Waals surface area contributed by atoms with Crippen molar-refractivity contribution in [3.05, 3.63) is 59.5 Å². The number of nitrogens with one attached hydrogen (secondary N) is 1. The van der Waals surface area contributed by atoms with Gasteiger partial charge in [-0.15, -0.1) is 10.2 Å². The highest BCUT2D eigenvalue weighted by atomic mass is 32.1. The molecular weight excluding hydrogens is 360 g/mol. The van der Waals surface area contributed by atoms with E-state index in [1.165, 1.54) is 16.9 Å². The Bertz CT molecular complexity index is 1100. The van der Waals surface area contributed by atoms with Gasteiger partial charge in [0.2, 0.25) is 17.7 Å². The lowest BCUT2D eigenvalue weighted by atomic mass is 10.1. The first-order chi connectivity index (χ1) is 13.1. The van der Waals surface area contributed by atoms with E-state index in [2.05, 4.69) is 39.6 Å². The molecule has 136 valence electrons. The number of rotatable bonds is 5.